The first-order valence-electron chi connectivity index (χ1n) is 12.4. The summed E-state index contributed by atoms with van der Waals surface area (Å²) in [5, 5.41) is 21.6. The summed E-state index contributed by atoms with van der Waals surface area (Å²) in [5.41, 5.74) is 2.28. The number of nitrogens with zero attached hydrogens (tertiary/aromatic N) is 1. The molecule has 4 aromatic carbocycles. The van der Waals surface area contributed by atoms with Crippen molar-refractivity contribution in [3.63, 3.8) is 0 Å². The zero-order valence-corrected chi connectivity index (χ0v) is 21.7. The van der Waals surface area contributed by atoms with Crippen molar-refractivity contribution in [2.75, 3.05) is 4.90 Å². The van der Waals surface area contributed by atoms with Crippen LogP contribution in [-0.4, -0.2) is 25.9 Å². The minimum Gasteiger partial charge on any atom is -0.508 e. The summed E-state index contributed by atoms with van der Waals surface area (Å²) < 4.78 is 25.7. The molecule has 4 aromatic rings. The second-order valence-corrected chi connectivity index (χ2v) is 11.1. The van der Waals surface area contributed by atoms with Gasteiger partial charge in [0.25, 0.3) is 0 Å². The van der Waals surface area contributed by atoms with E-state index in [0.717, 1.165) is 0 Å². The normalized spacial score (nSPS) is 18.1. The quantitative estimate of drug-likeness (QED) is 0.178. The van der Waals surface area contributed by atoms with E-state index in [4.69, 9.17) is 0 Å². The van der Waals surface area contributed by atoms with Crippen molar-refractivity contribution in [1.29, 1.82) is 0 Å². The van der Waals surface area contributed by atoms with Gasteiger partial charge in [0, 0.05) is 11.3 Å². The van der Waals surface area contributed by atoms with Crippen LogP contribution in [0.15, 0.2) is 97.1 Å². The van der Waals surface area contributed by atoms with Crippen LogP contribution in [-0.2, 0) is 9.36 Å². The number of benzene rings is 4. The molecule has 1 aliphatic heterocycles. The van der Waals surface area contributed by atoms with Crippen LogP contribution in [0.5, 0.6) is 5.75 Å². The van der Waals surface area contributed by atoms with E-state index in [-0.39, 0.29) is 23.4 Å². The van der Waals surface area contributed by atoms with Crippen LogP contribution < -0.4 is 10.2 Å². The first kappa shape index (κ1) is 26.8. The third-order valence-electron chi connectivity index (χ3n) is 7.11. The standard InChI is InChI=1S/C30H27FNO6P/c31-21-8-6-7-20(17-21)26(33)16-15-25-29(32(30(25)35)22-9-2-1-3-10-22)24-14-13-19(18-27(24)34)23-11-4-5-12-28(23)39(36,37)38/h1-14,17-18,25-26,29,33-34H,15-16H2,(H2,36,37,38)/t25-,26+,29-/m1/s1. The van der Waals surface area contributed by atoms with Crippen LogP contribution in [0.3, 0.4) is 0 Å². The van der Waals surface area contributed by atoms with Crippen molar-refractivity contribution in [2.45, 2.75) is 25.0 Å². The monoisotopic (exact) mass is 547 g/mol. The number of phenolic OH excluding ortho intramolecular Hbond substituents is 1. The van der Waals surface area contributed by atoms with E-state index in [1.807, 2.05) is 18.2 Å². The summed E-state index contributed by atoms with van der Waals surface area (Å²) >= 11 is 0. The molecule has 1 saturated heterocycles. The summed E-state index contributed by atoms with van der Waals surface area (Å²) in [4.78, 5) is 34.5. The van der Waals surface area contributed by atoms with Crippen LogP contribution in [0.25, 0.3) is 11.1 Å². The molecule has 0 spiro atoms. The Hall–Kier alpha value is -3.81. The third kappa shape index (κ3) is 5.37. The highest BCUT2D eigenvalue weighted by Crippen LogP contribution is 2.49. The number of carbonyl (C=O) groups excluding carboxylic acids is 1. The largest absolute Gasteiger partial charge is 0.508 e. The number of rotatable bonds is 8. The van der Waals surface area contributed by atoms with Crippen LogP contribution in [0.2, 0.25) is 0 Å². The van der Waals surface area contributed by atoms with Gasteiger partial charge in [0.05, 0.1) is 23.4 Å². The number of anilines is 1. The number of para-hydroxylation sites is 1. The fourth-order valence-electron chi connectivity index (χ4n) is 5.21. The fourth-order valence-corrected chi connectivity index (χ4v) is 6.01. The molecule has 39 heavy (non-hydrogen) atoms. The third-order valence-corrected chi connectivity index (χ3v) is 8.13. The smallest absolute Gasteiger partial charge is 0.356 e. The maximum Gasteiger partial charge on any atom is 0.356 e. The van der Waals surface area contributed by atoms with Crippen LogP contribution >= 0.6 is 7.60 Å². The van der Waals surface area contributed by atoms with E-state index in [0.29, 0.717) is 34.4 Å². The maximum absolute atomic E-state index is 13.6. The number of aliphatic hydroxyl groups excluding tert-OH is 1. The molecule has 0 aliphatic carbocycles. The van der Waals surface area contributed by atoms with Gasteiger partial charge in [-0.1, -0.05) is 60.7 Å². The van der Waals surface area contributed by atoms with Gasteiger partial charge in [0.1, 0.15) is 11.6 Å². The molecule has 9 heteroatoms. The van der Waals surface area contributed by atoms with Gasteiger partial charge >= 0.3 is 7.60 Å². The average molecular weight is 548 g/mol. The molecule has 0 aromatic heterocycles. The van der Waals surface area contributed by atoms with E-state index in [9.17, 15) is 33.7 Å². The number of halogens is 1. The van der Waals surface area contributed by atoms with E-state index >= 15 is 0 Å². The van der Waals surface area contributed by atoms with Crippen molar-refractivity contribution in [3.8, 4) is 16.9 Å². The number of aromatic hydroxyl groups is 1. The highest BCUT2D eigenvalue weighted by Gasteiger charge is 2.49. The Labute approximate surface area is 225 Å². The highest BCUT2D eigenvalue weighted by atomic mass is 31.2. The van der Waals surface area contributed by atoms with Crippen molar-refractivity contribution in [3.05, 3.63) is 114 Å². The molecule has 3 atom stereocenters. The lowest BCUT2D eigenvalue weighted by Gasteiger charge is -2.48. The first-order valence-corrected chi connectivity index (χ1v) is 14.1. The SMILES string of the molecule is O=C1[C@H](CC[C@H](O)c2cccc(F)c2)[C@@H](c2ccc(-c3ccccc3P(=O)(O)O)cc2O)N1c1ccccc1. The minimum absolute atomic E-state index is 0.123. The summed E-state index contributed by atoms with van der Waals surface area (Å²) in [6.45, 7) is 0. The second kappa shape index (κ2) is 10.8. The first-order chi connectivity index (χ1) is 18.6. The van der Waals surface area contributed by atoms with Crippen LogP contribution in [0, 0.1) is 11.7 Å². The molecular formula is C30H27FNO6P. The molecule has 0 bridgehead atoms. The van der Waals surface area contributed by atoms with E-state index in [1.165, 1.54) is 36.4 Å². The lowest BCUT2D eigenvalue weighted by molar-refractivity contribution is -0.131. The zero-order chi connectivity index (χ0) is 27.7. The molecule has 1 aliphatic rings. The Bertz CT molecular complexity index is 1560. The molecule has 1 fully saturated rings. The lowest BCUT2D eigenvalue weighted by Crippen LogP contribution is -2.55. The predicted molar refractivity (Wildman–Crippen MR) is 146 cm³/mol. The molecule has 0 saturated carbocycles. The van der Waals surface area contributed by atoms with Gasteiger partial charge in [-0.3, -0.25) is 9.36 Å². The van der Waals surface area contributed by atoms with Gasteiger partial charge in [-0.2, -0.15) is 0 Å². The molecule has 1 heterocycles. The fraction of sp³-hybridized carbons (Fsp3) is 0.167. The number of carbonyl (C=O) groups is 1. The van der Waals surface area contributed by atoms with E-state index in [2.05, 4.69) is 0 Å². The summed E-state index contributed by atoms with van der Waals surface area (Å²) in [5.74, 6) is -1.28. The molecule has 200 valence electrons. The highest BCUT2D eigenvalue weighted by molar-refractivity contribution is 7.60. The van der Waals surface area contributed by atoms with E-state index in [1.54, 1.807) is 47.4 Å². The maximum atomic E-state index is 13.6. The summed E-state index contributed by atoms with van der Waals surface area (Å²) in [7, 11) is -4.56. The second-order valence-electron chi connectivity index (χ2n) is 9.58. The topological polar surface area (TPSA) is 118 Å². The Kier molecular flexibility index (Phi) is 7.38. The number of hydrogen-bond donors (Lipinski definition) is 4. The van der Waals surface area contributed by atoms with Crippen LogP contribution in [0.4, 0.5) is 10.1 Å². The van der Waals surface area contributed by atoms with Crippen molar-refractivity contribution < 1.29 is 33.7 Å². The van der Waals surface area contributed by atoms with Crippen LogP contribution in [0.1, 0.15) is 36.1 Å². The predicted octanol–water partition coefficient (Wildman–Crippen LogP) is 5.22. The number of hydrogen-bond acceptors (Lipinski definition) is 4. The Morgan fingerprint density at radius 1 is 0.897 bits per heavy atom. The summed E-state index contributed by atoms with van der Waals surface area (Å²) in [6.07, 6.45) is -0.444. The van der Waals surface area contributed by atoms with Gasteiger partial charge in [-0.25, -0.2) is 4.39 Å². The van der Waals surface area contributed by atoms with Crippen molar-refractivity contribution in [1.82, 2.24) is 0 Å². The molecule has 7 nitrogen and oxygen atoms in total. The Morgan fingerprint density at radius 3 is 2.31 bits per heavy atom. The van der Waals surface area contributed by atoms with Gasteiger partial charge in [0.2, 0.25) is 5.91 Å². The Balaban J connectivity index is 1.47. The van der Waals surface area contributed by atoms with E-state index < -0.39 is 31.5 Å². The lowest BCUT2D eigenvalue weighted by atomic mass is 9.77. The van der Waals surface area contributed by atoms with Gasteiger partial charge in [-0.15, -0.1) is 0 Å². The average Bonchev–Trinajstić information content (AvgIpc) is 2.92. The zero-order valence-electron chi connectivity index (χ0n) is 20.8. The Morgan fingerprint density at radius 2 is 1.62 bits per heavy atom. The number of β-lactam (4-membered cyclic amide) rings is 1. The minimum atomic E-state index is -4.56. The van der Waals surface area contributed by atoms with Gasteiger partial charge in [-0.05, 0) is 65.9 Å². The number of amides is 1. The van der Waals surface area contributed by atoms with Crippen molar-refractivity contribution >= 4 is 24.5 Å². The summed E-state index contributed by atoms with van der Waals surface area (Å²) in [6, 6.07) is 25.1. The van der Waals surface area contributed by atoms with Gasteiger partial charge in [0.15, 0.2) is 0 Å². The molecule has 1 amide bonds. The van der Waals surface area contributed by atoms with Gasteiger partial charge < -0.3 is 24.9 Å². The molecular weight excluding hydrogens is 520 g/mol. The molecule has 5 rings (SSSR count). The molecule has 0 radical (unpaired) electrons. The molecule has 0 unspecified atom stereocenters. The molecule has 4 N–H and O–H groups in total. The number of aliphatic hydroxyl groups is 1. The van der Waals surface area contributed by atoms with Crippen molar-refractivity contribution in [2.24, 2.45) is 5.92 Å². The number of phenols is 1.